The van der Waals surface area contributed by atoms with Gasteiger partial charge in [-0.05, 0) is 19.1 Å². The molecule has 208 valence electrons. The zero-order valence-corrected chi connectivity index (χ0v) is 22.4. The van der Waals surface area contributed by atoms with Crippen molar-refractivity contribution in [1.82, 2.24) is 30.0 Å². The molecular formula is C21H26F3N7O5S2. The average molecular weight is 578 g/mol. The van der Waals surface area contributed by atoms with Crippen molar-refractivity contribution >= 4 is 50.8 Å². The predicted molar refractivity (Wildman–Crippen MR) is 137 cm³/mol. The number of rotatable bonds is 9. The van der Waals surface area contributed by atoms with E-state index in [0.29, 0.717) is 0 Å². The van der Waals surface area contributed by atoms with Crippen LogP contribution in [0.1, 0.15) is 25.3 Å². The minimum absolute atomic E-state index is 0.0243. The number of halogens is 3. The Bertz CT molecular complexity index is 1290. The Balaban J connectivity index is 1.99. The minimum Gasteiger partial charge on any atom is -0.394 e. The number of hydrogen-bond donors (Lipinski definition) is 3. The fraction of sp³-hybridized carbons (Fsp3) is 0.571. The van der Waals surface area contributed by atoms with Crippen LogP contribution in [0.2, 0.25) is 0 Å². The average Bonchev–Trinajstić information content (AvgIpc) is 3.41. The van der Waals surface area contributed by atoms with Gasteiger partial charge in [-0.2, -0.15) is 23.3 Å². The highest BCUT2D eigenvalue weighted by atomic mass is 33.1. The number of H-pyrrole nitrogens is 1. The van der Waals surface area contributed by atoms with E-state index < -0.39 is 42.6 Å². The summed E-state index contributed by atoms with van der Waals surface area (Å²) in [6, 6.07) is 0. The molecule has 4 atom stereocenters. The van der Waals surface area contributed by atoms with Crippen LogP contribution in [0.4, 0.5) is 19.1 Å². The number of carbonyl (C=O) groups is 1. The van der Waals surface area contributed by atoms with Crippen LogP contribution >= 0.6 is 21.6 Å². The molecule has 0 spiro atoms. The summed E-state index contributed by atoms with van der Waals surface area (Å²) in [5, 5.41) is 15.8. The van der Waals surface area contributed by atoms with Crippen LogP contribution in [-0.2, 0) is 14.3 Å². The Morgan fingerprint density at radius 3 is 2.87 bits per heavy atom. The third-order valence-electron chi connectivity index (χ3n) is 4.99. The van der Waals surface area contributed by atoms with E-state index in [2.05, 4.69) is 31.9 Å². The first-order valence-electron chi connectivity index (χ1n) is 11.1. The fourth-order valence-corrected chi connectivity index (χ4v) is 4.88. The van der Waals surface area contributed by atoms with E-state index in [0.717, 1.165) is 0 Å². The van der Waals surface area contributed by atoms with Gasteiger partial charge in [0.05, 0.1) is 25.6 Å². The van der Waals surface area contributed by atoms with Gasteiger partial charge < -0.3 is 24.8 Å². The standard InChI is InChI=1S/C21H26F3N7O5S2/c1-11(38-37-4)35-13-8-15(36-14(13)9-32)31-17-16(18(33)28-20(27-17)26-10-30(2)3)12(29-31)6-5-7-25-19(34)21(22,23)24/h10-11,13-15,32H,7-9H2,1-4H3,(H,25,34)(H,27,28,33)/b26-10-/t11-,13?,14-,15-/m1/s1. The normalized spacial score (nSPS) is 20.5. The first kappa shape index (κ1) is 29.8. The topological polar surface area (TPSA) is 147 Å². The second-order valence-corrected chi connectivity index (χ2v) is 10.9. The molecule has 0 aliphatic carbocycles. The number of nitrogens with zero attached hydrogens (tertiary/aromatic N) is 5. The monoisotopic (exact) mass is 577 g/mol. The summed E-state index contributed by atoms with van der Waals surface area (Å²) in [5.74, 6) is 2.72. The van der Waals surface area contributed by atoms with E-state index in [4.69, 9.17) is 9.47 Å². The number of aliphatic hydroxyl groups excluding tert-OH is 1. The zero-order valence-electron chi connectivity index (χ0n) is 20.8. The van der Waals surface area contributed by atoms with E-state index in [9.17, 15) is 27.9 Å². The highest BCUT2D eigenvalue weighted by Gasteiger charge is 2.40. The van der Waals surface area contributed by atoms with Gasteiger partial charge in [-0.25, -0.2) is 9.67 Å². The van der Waals surface area contributed by atoms with Crippen molar-refractivity contribution in [3.05, 3.63) is 16.0 Å². The molecule has 0 bridgehead atoms. The smallest absolute Gasteiger partial charge is 0.394 e. The molecule has 1 aliphatic heterocycles. The molecule has 1 fully saturated rings. The van der Waals surface area contributed by atoms with Crippen molar-refractivity contribution < 1.29 is 32.5 Å². The lowest BCUT2D eigenvalue weighted by molar-refractivity contribution is -0.173. The number of amides is 1. The molecule has 17 heteroatoms. The highest BCUT2D eigenvalue weighted by molar-refractivity contribution is 8.76. The molecule has 2 aromatic heterocycles. The Kier molecular flexibility index (Phi) is 10.1. The van der Waals surface area contributed by atoms with Gasteiger partial charge in [0.2, 0.25) is 5.95 Å². The molecule has 3 N–H and O–H groups in total. The van der Waals surface area contributed by atoms with Crippen LogP contribution in [0.15, 0.2) is 9.79 Å². The third kappa shape index (κ3) is 7.41. The maximum absolute atomic E-state index is 12.9. The molecule has 3 rings (SSSR count). The quantitative estimate of drug-likeness (QED) is 0.131. The second kappa shape index (κ2) is 12.8. The molecule has 1 saturated heterocycles. The summed E-state index contributed by atoms with van der Waals surface area (Å²) in [7, 11) is 6.49. The number of aliphatic hydroxyl groups is 1. The largest absolute Gasteiger partial charge is 0.471 e. The van der Waals surface area contributed by atoms with Gasteiger partial charge in [0.15, 0.2) is 17.6 Å². The number of aliphatic imine (C=N–C) groups is 1. The predicted octanol–water partition coefficient (Wildman–Crippen LogP) is 1.39. The Morgan fingerprint density at radius 1 is 1.50 bits per heavy atom. The van der Waals surface area contributed by atoms with E-state index in [1.807, 2.05) is 13.2 Å². The molecule has 1 unspecified atom stereocenters. The SMILES string of the molecule is CSS[C@H](C)OC1C[C@H](n2nc(C#CCNC(=O)C(F)(F)F)c3c(=O)[nH]c(/N=C\N(C)C)nc32)O[C@@H]1CO. The van der Waals surface area contributed by atoms with Gasteiger partial charge in [-0.1, -0.05) is 27.5 Å². The van der Waals surface area contributed by atoms with Gasteiger partial charge in [0.25, 0.3) is 5.56 Å². The van der Waals surface area contributed by atoms with Gasteiger partial charge in [0.1, 0.15) is 16.9 Å². The van der Waals surface area contributed by atoms with Crippen molar-refractivity contribution in [3.63, 3.8) is 0 Å². The van der Waals surface area contributed by atoms with Crippen LogP contribution in [0.25, 0.3) is 11.0 Å². The number of fused-ring (bicyclic) bond motifs is 1. The first-order chi connectivity index (χ1) is 17.9. The Labute approximate surface area is 223 Å². The van der Waals surface area contributed by atoms with Crippen molar-refractivity contribution in [3.8, 4) is 11.8 Å². The number of ether oxygens (including phenoxy) is 2. The van der Waals surface area contributed by atoms with Gasteiger partial charge in [-0.3, -0.25) is 14.6 Å². The van der Waals surface area contributed by atoms with Crippen LogP contribution in [0, 0.1) is 11.8 Å². The molecule has 12 nitrogen and oxygen atoms in total. The third-order valence-corrected chi connectivity index (χ3v) is 6.96. The summed E-state index contributed by atoms with van der Waals surface area (Å²) in [6.07, 6.45) is -3.41. The number of aromatic nitrogens is 4. The van der Waals surface area contributed by atoms with E-state index >= 15 is 0 Å². The maximum atomic E-state index is 12.9. The van der Waals surface area contributed by atoms with E-state index in [1.54, 1.807) is 24.3 Å². The maximum Gasteiger partial charge on any atom is 0.471 e. The minimum atomic E-state index is -5.05. The molecule has 38 heavy (non-hydrogen) atoms. The van der Waals surface area contributed by atoms with Gasteiger partial charge >= 0.3 is 12.1 Å². The number of aromatic amines is 1. The fourth-order valence-electron chi connectivity index (χ4n) is 3.47. The lowest BCUT2D eigenvalue weighted by atomic mass is 10.2. The lowest BCUT2D eigenvalue weighted by Crippen LogP contribution is -2.36. The molecule has 3 heterocycles. The van der Waals surface area contributed by atoms with Gasteiger partial charge in [0, 0.05) is 20.5 Å². The Morgan fingerprint density at radius 2 is 2.24 bits per heavy atom. The number of hydrogen-bond acceptors (Lipinski definition) is 10. The van der Waals surface area contributed by atoms with Crippen molar-refractivity contribution in [2.75, 3.05) is 33.5 Å². The molecule has 0 radical (unpaired) electrons. The highest BCUT2D eigenvalue weighted by Crippen LogP contribution is 2.35. The molecule has 0 saturated carbocycles. The molecular weight excluding hydrogens is 551 g/mol. The van der Waals surface area contributed by atoms with Crippen LogP contribution in [0.5, 0.6) is 0 Å². The molecule has 1 amide bonds. The number of alkyl halides is 3. The summed E-state index contributed by atoms with van der Waals surface area (Å²) < 4.78 is 50.5. The van der Waals surface area contributed by atoms with Crippen molar-refractivity contribution in [2.45, 2.75) is 43.4 Å². The lowest BCUT2D eigenvalue weighted by Gasteiger charge is -2.20. The number of carbonyl (C=O) groups excluding carboxylic acids is 1. The zero-order chi connectivity index (χ0) is 28.0. The summed E-state index contributed by atoms with van der Waals surface area (Å²) >= 11 is 0. The van der Waals surface area contributed by atoms with Crippen molar-refractivity contribution in [2.24, 2.45) is 4.99 Å². The molecule has 1 aliphatic rings. The first-order valence-corrected chi connectivity index (χ1v) is 13.7. The van der Waals surface area contributed by atoms with Crippen LogP contribution in [-0.4, -0.2) is 99.3 Å². The molecule has 0 aromatic carbocycles. The van der Waals surface area contributed by atoms with Crippen LogP contribution in [0.3, 0.4) is 0 Å². The summed E-state index contributed by atoms with van der Waals surface area (Å²) in [4.78, 5) is 36.6. The summed E-state index contributed by atoms with van der Waals surface area (Å²) in [5.41, 5.74) is -0.845. The number of nitrogens with one attached hydrogen (secondary N) is 2. The molecule has 2 aromatic rings. The summed E-state index contributed by atoms with van der Waals surface area (Å²) in [6.45, 7) is 0.916. The van der Waals surface area contributed by atoms with E-state index in [-0.39, 0.29) is 41.1 Å². The second-order valence-electron chi connectivity index (χ2n) is 8.12. The van der Waals surface area contributed by atoms with Gasteiger partial charge in [-0.15, -0.1) is 0 Å². The van der Waals surface area contributed by atoms with Crippen LogP contribution < -0.4 is 10.9 Å². The van der Waals surface area contributed by atoms with E-state index in [1.165, 1.54) is 32.6 Å². The Hall–Kier alpha value is -2.78. The van der Waals surface area contributed by atoms with Crippen molar-refractivity contribution in [1.29, 1.82) is 0 Å².